The van der Waals surface area contributed by atoms with Crippen LogP contribution >= 0.6 is 0 Å². The Hall–Kier alpha value is -6.08. The van der Waals surface area contributed by atoms with E-state index < -0.39 is 0 Å². The van der Waals surface area contributed by atoms with Crippen molar-refractivity contribution in [2.45, 2.75) is 0 Å². The van der Waals surface area contributed by atoms with Crippen LogP contribution in [0.5, 0.6) is 11.5 Å². The molecular weight excluding hydrogens is 532 g/mol. The Kier molecular flexibility index (Phi) is 5.97. The van der Waals surface area contributed by atoms with Gasteiger partial charge in [-0.1, -0.05) is 36.4 Å². The SMILES string of the molecule is c1ccc2c(Nc3ccc(Oc4ccc(Nc5c6ccccc6nc6ncccc56)cc4)cc3)c3cccnc3nc2c1. The summed E-state index contributed by atoms with van der Waals surface area (Å²) >= 11 is 0. The van der Waals surface area contributed by atoms with Gasteiger partial charge in [-0.25, -0.2) is 19.9 Å². The number of para-hydroxylation sites is 2. The van der Waals surface area contributed by atoms with Gasteiger partial charge >= 0.3 is 0 Å². The summed E-state index contributed by atoms with van der Waals surface area (Å²) in [5.74, 6) is 1.49. The fraction of sp³-hybridized carbons (Fsp3) is 0. The number of pyridine rings is 4. The van der Waals surface area contributed by atoms with Crippen molar-refractivity contribution in [1.82, 2.24) is 19.9 Å². The fourth-order valence-electron chi connectivity index (χ4n) is 5.35. The standard InChI is InChI=1S/C36H24N6O/c1-3-11-31-27(7-1)33(29-9-5-21-37-35(29)41-31)39-23-13-17-25(18-14-23)43-26-19-15-24(16-20-26)40-34-28-8-2-4-12-32(28)42-36-30(34)10-6-22-38-36/h1-22H,(H,37,39,41)(H,38,40,42). The van der Waals surface area contributed by atoms with E-state index in [9.17, 15) is 0 Å². The molecule has 0 fully saturated rings. The molecule has 7 heteroatoms. The molecule has 0 saturated carbocycles. The molecule has 8 aromatic rings. The number of nitrogens with zero attached hydrogens (tertiary/aromatic N) is 4. The summed E-state index contributed by atoms with van der Waals surface area (Å²) in [5.41, 5.74) is 7.07. The molecule has 0 bridgehead atoms. The Labute approximate surface area is 246 Å². The van der Waals surface area contributed by atoms with Crippen LogP contribution in [0.1, 0.15) is 0 Å². The lowest BCUT2D eigenvalue weighted by Crippen LogP contribution is -1.96. The molecule has 0 amide bonds. The molecule has 0 unspecified atom stereocenters. The number of nitrogens with one attached hydrogen (secondary N) is 2. The number of aromatic nitrogens is 4. The maximum atomic E-state index is 6.17. The summed E-state index contributed by atoms with van der Waals surface area (Å²) < 4.78 is 6.17. The highest BCUT2D eigenvalue weighted by Crippen LogP contribution is 2.35. The lowest BCUT2D eigenvalue weighted by atomic mass is 10.1. The van der Waals surface area contributed by atoms with Gasteiger partial charge in [0.15, 0.2) is 11.3 Å². The van der Waals surface area contributed by atoms with Gasteiger partial charge in [0, 0.05) is 45.3 Å². The van der Waals surface area contributed by atoms with Crippen LogP contribution in [0.3, 0.4) is 0 Å². The molecule has 4 heterocycles. The first-order valence-electron chi connectivity index (χ1n) is 14.0. The van der Waals surface area contributed by atoms with Gasteiger partial charge in [0.25, 0.3) is 0 Å². The monoisotopic (exact) mass is 556 g/mol. The summed E-state index contributed by atoms with van der Waals surface area (Å²) in [5, 5.41) is 11.2. The quantitative estimate of drug-likeness (QED) is 0.198. The summed E-state index contributed by atoms with van der Waals surface area (Å²) in [4.78, 5) is 18.4. The highest BCUT2D eigenvalue weighted by Gasteiger charge is 2.12. The van der Waals surface area contributed by atoms with Gasteiger partial charge in [0.05, 0.1) is 22.4 Å². The number of benzene rings is 4. The van der Waals surface area contributed by atoms with Crippen molar-refractivity contribution < 1.29 is 4.74 Å². The zero-order valence-electron chi connectivity index (χ0n) is 22.9. The molecule has 0 aliphatic heterocycles. The van der Waals surface area contributed by atoms with E-state index >= 15 is 0 Å². The maximum Gasteiger partial charge on any atom is 0.161 e. The van der Waals surface area contributed by atoms with Crippen LogP contribution in [-0.2, 0) is 0 Å². The van der Waals surface area contributed by atoms with Crippen LogP contribution in [0.4, 0.5) is 22.7 Å². The van der Waals surface area contributed by atoms with Crippen molar-refractivity contribution in [2.75, 3.05) is 10.6 Å². The smallest absolute Gasteiger partial charge is 0.161 e. The van der Waals surface area contributed by atoms with E-state index in [0.29, 0.717) is 11.3 Å². The van der Waals surface area contributed by atoms with Gasteiger partial charge in [-0.05, 0) is 84.9 Å². The minimum Gasteiger partial charge on any atom is -0.457 e. The van der Waals surface area contributed by atoms with Crippen molar-refractivity contribution in [3.05, 3.63) is 134 Å². The number of hydrogen-bond donors (Lipinski definition) is 2. The van der Waals surface area contributed by atoms with Gasteiger partial charge in [-0.3, -0.25) is 0 Å². The van der Waals surface area contributed by atoms with E-state index in [1.807, 2.05) is 109 Å². The van der Waals surface area contributed by atoms with E-state index in [2.05, 4.69) is 32.7 Å². The summed E-state index contributed by atoms with van der Waals surface area (Å²) in [7, 11) is 0. The Morgan fingerprint density at radius 3 is 1.30 bits per heavy atom. The van der Waals surface area contributed by atoms with Crippen LogP contribution in [-0.4, -0.2) is 19.9 Å². The van der Waals surface area contributed by atoms with Crippen molar-refractivity contribution in [3.63, 3.8) is 0 Å². The highest BCUT2D eigenvalue weighted by molar-refractivity contribution is 6.08. The normalized spacial score (nSPS) is 11.3. The second-order valence-corrected chi connectivity index (χ2v) is 10.2. The van der Waals surface area contributed by atoms with Crippen molar-refractivity contribution in [1.29, 1.82) is 0 Å². The molecule has 4 aromatic heterocycles. The second-order valence-electron chi connectivity index (χ2n) is 10.2. The Bertz CT molecular complexity index is 2000. The van der Waals surface area contributed by atoms with Crippen LogP contribution in [0.25, 0.3) is 43.9 Å². The fourth-order valence-corrected chi connectivity index (χ4v) is 5.35. The molecule has 0 spiro atoms. The first-order chi connectivity index (χ1) is 21.3. The van der Waals surface area contributed by atoms with Crippen LogP contribution in [0.15, 0.2) is 134 Å². The molecule has 43 heavy (non-hydrogen) atoms. The average molecular weight is 557 g/mol. The number of hydrogen-bond acceptors (Lipinski definition) is 7. The molecule has 0 radical (unpaired) electrons. The van der Waals surface area contributed by atoms with Crippen LogP contribution in [0, 0.1) is 0 Å². The Balaban J connectivity index is 1.02. The third kappa shape index (κ3) is 4.69. The topological polar surface area (TPSA) is 84.9 Å². The van der Waals surface area contributed by atoms with Gasteiger partial charge in [-0.15, -0.1) is 0 Å². The minimum atomic E-state index is 0.712. The first-order valence-corrected chi connectivity index (χ1v) is 14.0. The van der Waals surface area contributed by atoms with E-state index in [0.717, 1.165) is 66.8 Å². The second kappa shape index (κ2) is 10.4. The average Bonchev–Trinajstić information content (AvgIpc) is 3.06. The zero-order chi connectivity index (χ0) is 28.6. The van der Waals surface area contributed by atoms with Gasteiger partial charge in [0.2, 0.25) is 0 Å². The van der Waals surface area contributed by atoms with Crippen LogP contribution in [0.2, 0.25) is 0 Å². The predicted octanol–water partition coefficient (Wildman–Crippen LogP) is 9.16. The third-order valence-electron chi connectivity index (χ3n) is 7.39. The zero-order valence-corrected chi connectivity index (χ0v) is 22.9. The molecular formula is C36H24N6O. The Morgan fingerprint density at radius 2 is 0.837 bits per heavy atom. The van der Waals surface area contributed by atoms with E-state index in [-0.39, 0.29) is 0 Å². The summed E-state index contributed by atoms with van der Waals surface area (Å²) in [6.07, 6.45) is 3.53. The predicted molar refractivity (Wildman–Crippen MR) is 174 cm³/mol. The molecule has 2 N–H and O–H groups in total. The van der Waals surface area contributed by atoms with Crippen molar-refractivity contribution >= 4 is 66.6 Å². The lowest BCUT2D eigenvalue weighted by Gasteiger charge is -2.14. The number of ether oxygens (including phenoxy) is 1. The molecule has 204 valence electrons. The molecule has 0 aliphatic rings. The summed E-state index contributed by atoms with van der Waals surface area (Å²) in [6.45, 7) is 0. The largest absolute Gasteiger partial charge is 0.457 e. The lowest BCUT2D eigenvalue weighted by molar-refractivity contribution is 0.483. The van der Waals surface area contributed by atoms with Gasteiger partial charge in [0.1, 0.15) is 11.5 Å². The van der Waals surface area contributed by atoms with Crippen molar-refractivity contribution in [2.24, 2.45) is 0 Å². The van der Waals surface area contributed by atoms with E-state index in [1.54, 1.807) is 12.4 Å². The maximum absolute atomic E-state index is 6.17. The first kappa shape index (κ1) is 24.7. The van der Waals surface area contributed by atoms with Gasteiger partial charge in [-0.2, -0.15) is 0 Å². The summed E-state index contributed by atoms with van der Waals surface area (Å²) in [6, 6.07) is 40.0. The molecule has 0 aliphatic carbocycles. The third-order valence-corrected chi connectivity index (χ3v) is 7.39. The van der Waals surface area contributed by atoms with E-state index in [1.165, 1.54) is 0 Å². The molecule has 0 saturated heterocycles. The molecule has 0 atom stereocenters. The van der Waals surface area contributed by atoms with Crippen LogP contribution < -0.4 is 15.4 Å². The number of rotatable bonds is 6. The highest BCUT2D eigenvalue weighted by atomic mass is 16.5. The van der Waals surface area contributed by atoms with Crippen molar-refractivity contribution in [3.8, 4) is 11.5 Å². The minimum absolute atomic E-state index is 0.712. The molecule has 8 rings (SSSR count). The van der Waals surface area contributed by atoms with Gasteiger partial charge < -0.3 is 15.4 Å². The number of fused-ring (bicyclic) bond motifs is 4. The Morgan fingerprint density at radius 1 is 0.419 bits per heavy atom. The molecule has 4 aromatic carbocycles. The molecule has 7 nitrogen and oxygen atoms in total. The van der Waals surface area contributed by atoms with E-state index in [4.69, 9.17) is 14.7 Å². The number of anilines is 4.